The van der Waals surface area contributed by atoms with Crippen molar-refractivity contribution >= 4 is 11.6 Å². The molecule has 0 saturated carbocycles. The zero-order valence-corrected chi connectivity index (χ0v) is 9.20. The molecule has 0 fully saturated rings. The fourth-order valence-electron chi connectivity index (χ4n) is 1.24. The Bertz CT molecular complexity index is 327. The van der Waals surface area contributed by atoms with Gasteiger partial charge in [0.2, 0.25) is 0 Å². The SMILES string of the molecule is CC(C)c1ccc(Cl)c(C(C)(F)F)c1. The molecule has 0 aliphatic heterocycles. The molecule has 78 valence electrons. The maximum absolute atomic E-state index is 13.1. The fourth-order valence-corrected chi connectivity index (χ4v) is 1.52. The Morgan fingerprint density at radius 2 is 1.86 bits per heavy atom. The molecule has 0 bridgehead atoms. The number of hydrogen-bond acceptors (Lipinski definition) is 0. The van der Waals surface area contributed by atoms with Crippen LogP contribution in [-0.2, 0) is 5.92 Å². The largest absolute Gasteiger partial charge is 0.271 e. The van der Waals surface area contributed by atoms with Gasteiger partial charge < -0.3 is 0 Å². The van der Waals surface area contributed by atoms with Crippen LogP contribution in [-0.4, -0.2) is 0 Å². The van der Waals surface area contributed by atoms with Crippen molar-refractivity contribution in [1.82, 2.24) is 0 Å². The molecular formula is C11H13ClF2. The second kappa shape index (κ2) is 3.85. The molecule has 0 radical (unpaired) electrons. The van der Waals surface area contributed by atoms with Gasteiger partial charge in [0.05, 0.1) is 0 Å². The Balaban J connectivity index is 3.22. The van der Waals surface area contributed by atoms with E-state index in [4.69, 9.17) is 11.6 Å². The van der Waals surface area contributed by atoms with Gasteiger partial charge >= 0.3 is 0 Å². The van der Waals surface area contributed by atoms with Crippen molar-refractivity contribution in [3.05, 3.63) is 34.3 Å². The van der Waals surface area contributed by atoms with Crippen LogP contribution in [0.3, 0.4) is 0 Å². The maximum Gasteiger partial charge on any atom is 0.271 e. The summed E-state index contributed by atoms with van der Waals surface area (Å²) >= 11 is 5.71. The van der Waals surface area contributed by atoms with Gasteiger partial charge in [-0.15, -0.1) is 0 Å². The molecule has 0 N–H and O–H groups in total. The van der Waals surface area contributed by atoms with Crippen LogP contribution < -0.4 is 0 Å². The monoisotopic (exact) mass is 218 g/mol. The second-order valence-corrected chi connectivity index (χ2v) is 4.19. The summed E-state index contributed by atoms with van der Waals surface area (Å²) in [5, 5.41) is 0.127. The average molecular weight is 219 g/mol. The van der Waals surface area contributed by atoms with E-state index in [-0.39, 0.29) is 16.5 Å². The van der Waals surface area contributed by atoms with Gasteiger partial charge in [0, 0.05) is 17.5 Å². The molecule has 14 heavy (non-hydrogen) atoms. The highest BCUT2D eigenvalue weighted by Crippen LogP contribution is 2.34. The molecule has 0 amide bonds. The van der Waals surface area contributed by atoms with E-state index in [9.17, 15) is 8.78 Å². The highest BCUT2D eigenvalue weighted by molar-refractivity contribution is 6.31. The molecule has 0 nitrogen and oxygen atoms in total. The number of rotatable bonds is 2. The summed E-state index contributed by atoms with van der Waals surface area (Å²) in [6.45, 7) is 4.78. The Kier molecular flexibility index (Phi) is 3.15. The van der Waals surface area contributed by atoms with E-state index in [0.29, 0.717) is 0 Å². The summed E-state index contributed by atoms with van der Waals surface area (Å²) in [7, 11) is 0. The van der Waals surface area contributed by atoms with Crippen molar-refractivity contribution in [2.45, 2.75) is 32.6 Å². The first-order chi connectivity index (χ1) is 6.32. The zero-order valence-electron chi connectivity index (χ0n) is 8.44. The quantitative estimate of drug-likeness (QED) is 0.682. The predicted octanol–water partition coefficient (Wildman–Crippen LogP) is 4.58. The van der Waals surface area contributed by atoms with Gasteiger partial charge in [-0.05, 0) is 23.6 Å². The summed E-state index contributed by atoms with van der Waals surface area (Å²) in [5.41, 5.74) is 0.788. The lowest BCUT2D eigenvalue weighted by atomic mass is 9.99. The van der Waals surface area contributed by atoms with Gasteiger partial charge in [-0.1, -0.05) is 31.5 Å². The molecule has 0 saturated heterocycles. The van der Waals surface area contributed by atoms with Crippen molar-refractivity contribution in [3.8, 4) is 0 Å². The minimum atomic E-state index is -2.87. The minimum absolute atomic E-state index is 0.0923. The predicted molar refractivity (Wildman–Crippen MR) is 55.1 cm³/mol. The van der Waals surface area contributed by atoms with Crippen LogP contribution >= 0.6 is 11.6 Å². The van der Waals surface area contributed by atoms with Gasteiger partial charge in [-0.3, -0.25) is 0 Å². The summed E-state index contributed by atoms with van der Waals surface area (Å²) in [6.07, 6.45) is 0. The highest BCUT2D eigenvalue weighted by Gasteiger charge is 2.27. The third-order valence-corrected chi connectivity index (χ3v) is 2.46. The van der Waals surface area contributed by atoms with Crippen molar-refractivity contribution in [1.29, 1.82) is 0 Å². The Hall–Kier alpha value is -0.630. The number of alkyl halides is 2. The normalized spacial score (nSPS) is 12.2. The maximum atomic E-state index is 13.1. The van der Waals surface area contributed by atoms with Gasteiger partial charge in [0.1, 0.15) is 0 Å². The minimum Gasteiger partial charge on any atom is -0.202 e. The van der Waals surface area contributed by atoms with E-state index in [1.165, 1.54) is 12.1 Å². The Morgan fingerprint density at radius 1 is 1.29 bits per heavy atom. The molecule has 0 unspecified atom stereocenters. The summed E-state index contributed by atoms with van der Waals surface area (Å²) in [6, 6.07) is 4.79. The third kappa shape index (κ3) is 2.44. The smallest absolute Gasteiger partial charge is 0.202 e. The number of hydrogen-bond donors (Lipinski definition) is 0. The van der Waals surface area contributed by atoms with Crippen LogP contribution in [0.1, 0.15) is 37.8 Å². The first-order valence-corrected chi connectivity index (χ1v) is 4.88. The second-order valence-electron chi connectivity index (χ2n) is 3.78. The summed E-state index contributed by atoms with van der Waals surface area (Å²) < 4.78 is 26.1. The van der Waals surface area contributed by atoms with Crippen LogP contribution in [0.15, 0.2) is 18.2 Å². The van der Waals surface area contributed by atoms with E-state index >= 15 is 0 Å². The van der Waals surface area contributed by atoms with Gasteiger partial charge in [-0.25, -0.2) is 8.78 Å². The molecular weight excluding hydrogens is 206 g/mol. The molecule has 3 heteroatoms. The summed E-state index contributed by atoms with van der Waals surface area (Å²) in [4.78, 5) is 0. The molecule has 0 heterocycles. The Labute approximate surface area is 87.9 Å². The van der Waals surface area contributed by atoms with Crippen molar-refractivity contribution < 1.29 is 8.78 Å². The van der Waals surface area contributed by atoms with Crippen LogP contribution in [0.5, 0.6) is 0 Å². The molecule has 0 aromatic heterocycles. The molecule has 1 aromatic carbocycles. The number of halogens is 3. The van der Waals surface area contributed by atoms with E-state index in [2.05, 4.69) is 0 Å². The van der Waals surface area contributed by atoms with E-state index < -0.39 is 5.92 Å². The van der Waals surface area contributed by atoms with Gasteiger partial charge in [0.15, 0.2) is 0 Å². The van der Waals surface area contributed by atoms with Gasteiger partial charge in [0.25, 0.3) is 5.92 Å². The number of benzene rings is 1. The lowest BCUT2D eigenvalue weighted by Gasteiger charge is -2.15. The lowest BCUT2D eigenvalue weighted by Crippen LogP contribution is -2.08. The first kappa shape index (κ1) is 11.4. The van der Waals surface area contributed by atoms with Crippen LogP contribution in [0.2, 0.25) is 5.02 Å². The van der Waals surface area contributed by atoms with Crippen LogP contribution in [0.25, 0.3) is 0 Å². The molecule has 0 aliphatic carbocycles. The average Bonchev–Trinajstić information content (AvgIpc) is 2.02. The van der Waals surface area contributed by atoms with Crippen LogP contribution in [0, 0.1) is 0 Å². The van der Waals surface area contributed by atoms with Crippen molar-refractivity contribution in [2.75, 3.05) is 0 Å². The molecule has 0 spiro atoms. The standard InChI is InChI=1S/C11H13ClF2/c1-7(2)8-4-5-10(12)9(6-8)11(3,13)14/h4-7H,1-3H3. The molecule has 1 aromatic rings. The van der Waals surface area contributed by atoms with Crippen LogP contribution in [0.4, 0.5) is 8.78 Å². The molecule has 1 rings (SSSR count). The van der Waals surface area contributed by atoms with E-state index in [1.54, 1.807) is 6.07 Å². The Morgan fingerprint density at radius 3 is 2.29 bits per heavy atom. The van der Waals surface area contributed by atoms with E-state index in [1.807, 2.05) is 13.8 Å². The summed E-state index contributed by atoms with van der Waals surface area (Å²) in [5.74, 6) is -2.64. The molecule has 0 atom stereocenters. The first-order valence-electron chi connectivity index (χ1n) is 4.50. The van der Waals surface area contributed by atoms with E-state index in [0.717, 1.165) is 12.5 Å². The van der Waals surface area contributed by atoms with Gasteiger partial charge in [-0.2, -0.15) is 0 Å². The van der Waals surface area contributed by atoms with Crippen molar-refractivity contribution in [3.63, 3.8) is 0 Å². The lowest BCUT2D eigenvalue weighted by molar-refractivity contribution is 0.0175. The zero-order chi connectivity index (χ0) is 10.9. The fraction of sp³-hybridized carbons (Fsp3) is 0.455. The highest BCUT2D eigenvalue weighted by atomic mass is 35.5. The van der Waals surface area contributed by atoms with Crippen molar-refractivity contribution in [2.24, 2.45) is 0 Å². The topological polar surface area (TPSA) is 0 Å². The molecule has 0 aliphatic rings. The third-order valence-electron chi connectivity index (χ3n) is 2.13.